The Balaban J connectivity index is 1.93. The van der Waals surface area contributed by atoms with E-state index in [1.807, 2.05) is 65.4 Å². The number of aromatic nitrogens is 1. The first-order valence-corrected chi connectivity index (χ1v) is 7.47. The van der Waals surface area contributed by atoms with Crippen LogP contribution < -0.4 is 0 Å². The van der Waals surface area contributed by atoms with Crippen LogP contribution in [0.4, 0.5) is 0 Å². The standard InChI is InChI=1S/C20H16N2O/c21-12-11-19-13-18(20(23)17-9-5-2-6-10-17)15-22(19)14-16-7-3-1-4-8-16/h1-10,13,15H,11,14H2. The van der Waals surface area contributed by atoms with E-state index in [1.54, 1.807) is 12.1 Å². The number of benzene rings is 2. The van der Waals surface area contributed by atoms with E-state index in [4.69, 9.17) is 5.26 Å². The minimum atomic E-state index is -0.0170. The van der Waals surface area contributed by atoms with Gasteiger partial charge in [-0.2, -0.15) is 5.26 Å². The van der Waals surface area contributed by atoms with Crippen LogP contribution in [-0.2, 0) is 13.0 Å². The van der Waals surface area contributed by atoms with Crippen LogP contribution in [0.3, 0.4) is 0 Å². The summed E-state index contributed by atoms with van der Waals surface area (Å²) in [5.41, 5.74) is 3.28. The molecule has 0 spiro atoms. The predicted molar refractivity (Wildman–Crippen MR) is 89.2 cm³/mol. The maximum atomic E-state index is 12.6. The van der Waals surface area contributed by atoms with Crippen LogP contribution in [0.5, 0.6) is 0 Å². The Morgan fingerprint density at radius 1 is 0.957 bits per heavy atom. The topological polar surface area (TPSA) is 45.8 Å². The van der Waals surface area contributed by atoms with Gasteiger partial charge in [-0.05, 0) is 11.6 Å². The smallest absolute Gasteiger partial charge is 0.194 e. The van der Waals surface area contributed by atoms with Gasteiger partial charge in [-0.15, -0.1) is 0 Å². The predicted octanol–water partition coefficient (Wildman–Crippen LogP) is 3.83. The lowest BCUT2D eigenvalue weighted by Crippen LogP contribution is -2.03. The molecule has 0 radical (unpaired) electrons. The van der Waals surface area contributed by atoms with Gasteiger partial charge < -0.3 is 4.57 Å². The van der Waals surface area contributed by atoms with Crippen molar-refractivity contribution in [1.29, 1.82) is 5.26 Å². The van der Waals surface area contributed by atoms with Crippen molar-refractivity contribution in [3.05, 3.63) is 95.3 Å². The lowest BCUT2D eigenvalue weighted by molar-refractivity contribution is 0.103. The van der Waals surface area contributed by atoms with Gasteiger partial charge in [0.15, 0.2) is 5.78 Å². The van der Waals surface area contributed by atoms with Crippen LogP contribution in [0, 0.1) is 11.3 Å². The summed E-state index contributed by atoms with van der Waals surface area (Å²) in [7, 11) is 0. The molecule has 0 amide bonds. The number of nitrogens with zero attached hydrogens (tertiary/aromatic N) is 2. The van der Waals surface area contributed by atoms with E-state index >= 15 is 0 Å². The lowest BCUT2D eigenvalue weighted by Gasteiger charge is -2.06. The van der Waals surface area contributed by atoms with E-state index < -0.39 is 0 Å². The Morgan fingerprint density at radius 3 is 2.26 bits per heavy atom. The molecule has 1 aromatic heterocycles. The van der Waals surface area contributed by atoms with Gasteiger partial charge in [-0.3, -0.25) is 4.79 Å². The number of carbonyl (C=O) groups excluding carboxylic acids is 1. The Labute approximate surface area is 135 Å². The minimum absolute atomic E-state index is 0.0170. The summed E-state index contributed by atoms with van der Waals surface area (Å²) in [4.78, 5) is 12.6. The highest BCUT2D eigenvalue weighted by Crippen LogP contribution is 2.16. The normalized spacial score (nSPS) is 10.2. The fourth-order valence-corrected chi connectivity index (χ4v) is 2.59. The third-order valence-corrected chi connectivity index (χ3v) is 3.74. The number of nitriles is 1. The van der Waals surface area contributed by atoms with Crippen LogP contribution >= 0.6 is 0 Å². The fourth-order valence-electron chi connectivity index (χ4n) is 2.59. The maximum absolute atomic E-state index is 12.6. The molecule has 23 heavy (non-hydrogen) atoms. The third kappa shape index (κ3) is 3.38. The SMILES string of the molecule is N#CCc1cc(C(=O)c2ccccc2)cn1Cc1ccccc1. The number of ketones is 1. The van der Waals surface area contributed by atoms with E-state index in [9.17, 15) is 4.79 Å². The average molecular weight is 300 g/mol. The molecular formula is C20H16N2O. The Kier molecular flexibility index (Phi) is 4.35. The second-order valence-corrected chi connectivity index (χ2v) is 5.36. The summed E-state index contributed by atoms with van der Waals surface area (Å²) in [5.74, 6) is -0.0170. The van der Waals surface area contributed by atoms with E-state index in [2.05, 4.69) is 6.07 Å². The molecule has 0 N–H and O–H groups in total. The molecule has 3 aromatic rings. The lowest BCUT2D eigenvalue weighted by atomic mass is 10.1. The van der Waals surface area contributed by atoms with Crippen molar-refractivity contribution in [2.24, 2.45) is 0 Å². The molecule has 3 rings (SSSR count). The van der Waals surface area contributed by atoms with Crippen molar-refractivity contribution in [3.63, 3.8) is 0 Å². The summed E-state index contributed by atoms with van der Waals surface area (Å²) in [6, 6.07) is 23.2. The van der Waals surface area contributed by atoms with E-state index in [-0.39, 0.29) is 12.2 Å². The summed E-state index contributed by atoms with van der Waals surface area (Å²) in [6.45, 7) is 0.653. The summed E-state index contributed by atoms with van der Waals surface area (Å²) in [5, 5.41) is 9.03. The van der Waals surface area contributed by atoms with Gasteiger partial charge in [0.25, 0.3) is 0 Å². The summed E-state index contributed by atoms with van der Waals surface area (Å²) < 4.78 is 1.98. The highest BCUT2D eigenvalue weighted by molar-refractivity contribution is 6.09. The van der Waals surface area contributed by atoms with Crippen molar-refractivity contribution in [2.45, 2.75) is 13.0 Å². The second kappa shape index (κ2) is 6.76. The molecule has 1 heterocycles. The molecule has 0 unspecified atom stereocenters. The van der Waals surface area contributed by atoms with E-state index in [0.717, 1.165) is 11.3 Å². The quantitative estimate of drug-likeness (QED) is 0.672. The van der Waals surface area contributed by atoms with Gasteiger partial charge in [0, 0.05) is 29.6 Å². The third-order valence-electron chi connectivity index (χ3n) is 3.74. The molecule has 0 bridgehead atoms. The number of hydrogen-bond acceptors (Lipinski definition) is 2. The average Bonchev–Trinajstić information content (AvgIpc) is 2.99. The summed E-state index contributed by atoms with van der Waals surface area (Å²) >= 11 is 0. The van der Waals surface area contributed by atoms with E-state index in [0.29, 0.717) is 17.7 Å². The minimum Gasteiger partial charge on any atom is -0.345 e. The van der Waals surface area contributed by atoms with Crippen molar-refractivity contribution >= 4 is 5.78 Å². The molecule has 3 nitrogen and oxygen atoms in total. The zero-order valence-electron chi connectivity index (χ0n) is 12.6. The first-order chi connectivity index (χ1) is 11.3. The van der Waals surface area contributed by atoms with Gasteiger partial charge in [-0.25, -0.2) is 0 Å². The monoisotopic (exact) mass is 300 g/mol. The number of carbonyl (C=O) groups is 1. The van der Waals surface area contributed by atoms with Crippen molar-refractivity contribution in [1.82, 2.24) is 4.57 Å². The first kappa shape index (κ1) is 14.8. The molecule has 0 saturated heterocycles. The highest BCUT2D eigenvalue weighted by atomic mass is 16.1. The van der Waals surface area contributed by atoms with Crippen LogP contribution in [0.15, 0.2) is 72.9 Å². The Hall–Kier alpha value is -3.12. The Bertz CT molecular complexity index is 842. The highest BCUT2D eigenvalue weighted by Gasteiger charge is 2.14. The molecule has 0 atom stereocenters. The summed E-state index contributed by atoms with van der Waals surface area (Å²) in [6.07, 6.45) is 2.13. The van der Waals surface area contributed by atoms with E-state index in [1.165, 1.54) is 0 Å². The second-order valence-electron chi connectivity index (χ2n) is 5.36. The zero-order valence-corrected chi connectivity index (χ0v) is 12.6. The molecule has 0 saturated carbocycles. The van der Waals surface area contributed by atoms with Crippen LogP contribution in [0.2, 0.25) is 0 Å². The molecule has 0 fully saturated rings. The van der Waals surface area contributed by atoms with Crippen molar-refractivity contribution in [3.8, 4) is 6.07 Å². The van der Waals surface area contributed by atoms with Gasteiger partial charge in [0.1, 0.15) is 0 Å². The first-order valence-electron chi connectivity index (χ1n) is 7.47. The molecule has 0 aliphatic carbocycles. The van der Waals surface area contributed by atoms with Crippen LogP contribution in [-0.4, -0.2) is 10.4 Å². The van der Waals surface area contributed by atoms with Crippen LogP contribution in [0.25, 0.3) is 0 Å². The number of hydrogen-bond donors (Lipinski definition) is 0. The maximum Gasteiger partial charge on any atom is 0.194 e. The van der Waals surface area contributed by atoms with Gasteiger partial charge in [-0.1, -0.05) is 60.7 Å². The van der Waals surface area contributed by atoms with Crippen molar-refractivity contribution < 1.29 is 4.79 Å². The van der Waals surface area contributed by atoms with Gasteiger partial charge in [0.2, 0.25) is 0 Å². The number of rotatable bonds is 5. The zero-order chi connectivity index (χ0) is 16.1. The molecular weight excluding hydrogens is 284 g/mol. The fraction of sp³-hybridized carbons (Fsp3) is 0.100. The Morgan fingerprint density at radius 2 is 1.61 bits per heavy atom. The largest absolute Gasteiger partial charge is 0.345 e. The van der Waals surface area contributed by atoms with Gasteiger partial charge in [0.05, 0.1) is 12.5 Å². The molecule has 112 valence electrons. The van der Waals surface area contributed by atoms with Crippen molar-refractivity contribution in [2.75, 3.05) is 0 Å². The van der Waals surface area contributed by atoms with Gasteiger partial charge >= 0.3 is 0 Å². The molecule has 3 heteroatoms. The van der Waals surface area contributed by atoms with Crippen LogP contribution in [0.1, 0.15) is 27.2 Å². The molecule has 0 aliphatic rings. The molecule has 0 aliphatic heterocycles. The molecule has 2 aromatic carbocycles.